The number of nitrogens with zero attached hydrogens (tertiary/aromatic N) is 2. The second kappa shape index (κ2) is 8.65. The van der Waals surface area contributed by atoms with E-state index in [-0.39, 0.29) is 5.91 Å². The van der Waals surface area contributed by atoms with Gasteiger partial charge in [0.05, 0.1) is 11.6 Å². The Morgan fingerprint density at radius 1 is 1.14 bits per heavy atom. The minimum atomic E-state index is -0.318. The molecule has 3 rings (SSSR count). The second-order valence-corrected chi connectivity index (χ2v) is 6.22. The lowest BCUT2D eigenvalue weighted by molar-refractivity contribution is -0.111. The first-order valence-corrected chi connectivity index (χ1v) is 8.75. The van der Waals surface area contributed by atoms with Crippen molar-refractivity contribution in [2.45, 2.75) is 13.8 Å². The van der Waals surface area contributed by atoms with Crippen LogP contribution in [0.3, 0.4) is 0 Å². The number of aromatic nitrogens is 1. The van der Waals surface area contributed by atoms with E-state index < -0.39 is 0 Å². The Morgan fingerprint density at radius 3 is 2.79 bits per heavy atom. The SMILES string of the molecule is Cc1cccc(Oc2ncccc2NC(=O)/C=C/c2cccc(C#N)c2)c1C. The molecule has 1 amide bonds. The third-order valence-corrected chi connectivity index (χ3v) is 4.23. The van der Waals surface area contributed by atoms with Gasteiger partial charge in [-0.15, -0.1) is 0 Å². The van der Waals surface area contributed by atoms with Gasteiger partial charge in [0.1, 0.15) is 11.4 Å². The van der Waals surface area contributed by atoms with Gasteiger partial charge in [0.15, 0.2) is 0 Å². The van der Waals surface area contributed by atoms with Gasteiger partial charge in [0.2, 0.25) is 11.8 Å². The molecule has 3 aromatic rings. The molecule has 0 atom stereocenters. The van der Waals surface area contributed by atoms with Crippen LogP contribution < -0.4 is 10.1 Å². The van der Waals surface area contributed by atoms with Crippen LogP contribution in [0.1, 0.15) is 22.3 Å². The van der Waals surface area contributed by atoms with Crippen molar-refractivity contribution in [1.82, 2.24) is 4.98 Å². The van der Waals surface area contributed by atoms with E-state index in [0.717, 1.165) is 16.7 Å². The fourth-order valence-corrected chi connectivity index (χ4v) is 2.56. The Hall–Kier alpha value is -3.91. The van der Waals surface area contributed by atoms with E-state index in [9.17, 15) is 4.79 Å². The summed E-state index contributed by atoms with van der Waals surface area (Å²) in [5.74, 6) is 0.698. The molecule has 1 N–H and O–H groups in total. The normalized spacial score (nSPS) is 10.5. The number of hydrogen-bond donors (Lipinski definition) is 1. The highest BCUT2D eigenvalue weighted by molar-refractivity contribution is 6.02. The van der Waals surface area contributed by atoms with Gasteiger partial charge < -0.3 is 10.1 Å². The van der Waals surface area contributed by atoms with Crippen LogP contribution in [0.5, 0.6) is 11.6 Å². The minimum Gasteiger partial charge on any atom is -0.437 e. The molecule has 0 aliphatic heterocycles. The van der Waals surface area contributed by atoms with Crippen molar-refractivity contribution < 1.29 is 9.53 Å². The molecule has 0 aliphatic rings. The Morgan fingerprint density at radius 2 is 1.96 bits per heavy atom. The third kappa shape index (κ3) is 4.63. The number of carbonyl (C=O) groups excluding carboxylic acids is 1. The Labute approximate surface area is 163 Å². The van der Waals surface area contributed by atoms with Gasteiger partial charge in [-0.25, -0.2) is 4.98 Å². The molecule has 0 unspecified atom stereocenters. The molecule has 2 aromatic carbocycles. The smallest absolute Gasteiger partial charge is 0.248 e. The molecular weight excluding hydrogens is 350 g/mol. The maximum Gasteiger partial charge on any atom is 0.248 e. The zero-order valence-corrected chi connectivity index (χ0v) is 15.6. The van der Waals surface area contributed by atoms with Crippen LogP contribution >= 0.6 is 0 Å². The largest absolute Gasteiger partial charge is 0.437 e. The van der Waals surface area contributed by atoms with Crippen molar-refractivity contribution in [1.29, 1.82) is 5.26 Å². The van der Waals surface area contributed by atoms with Crippen LogP contribution in [0.25, 0.3) is 6.08 Å². The average Bonchev–Trinajstić information content (AvgIpc) is 2.71. The summed E-state index contributed by atoms with van der Waals surface area (Å²) < 4.78 is 5.93. The standard InChI is InChI=1S/C23H19N3O2/c1-16-6-3-10-21(17(16)2)28-23-20(9-5-13-25-23)26-22(27)12-11-18-7-4-8-19(14-18)15-24/h3-14H,1-2H3,(H,26,27)/b12-11+. The highest BCUT2D eigenvalue weighted by atomic mass is 16.5. The Balaban J connectivity index is 1.75. The number of aryl methyl sites for hydroxylation is 1. The van der Waals surface area contributed by atoms with Gasteiger partial charge in [-0.3, -0.25) is 4.79 Å². The van der Waals surface area contributed by atoms with Crippen molar-refractivity contribution in [3.8, 4) is 17.7 Å². The van der Waals surface area contributed by atoms with Crippen LogP contribution in [0, 0.1) is 25.2 Å². The van der Waals surface area contributed by atoms with E-state index in [4.69, 9.17) is 10.00 Å². The van der Waals surface area contributed by atoms with Gasteiger partial charge in [-0.05, 0) is 66.9 Å². The monoisotopic (exact) mass is 369 g/mol. The maximum atomic E-state index is 12.3. The molecule has 0 aliphatic carbocycles. The fraction of sp³-hybridized carbons (Fsp3) is 0.0870. The van der Waals surface area contributed by atoms with E-state index in [2.05, 4.69) is 16.4 Å². The number of carbonyl (C=O) groups is 1. The lowest BCUT2D eigenvalue weighted by Gasteiger charge is -2.12. The topological polar surface area (TPSA) is 75.0 Å². The van der Waals surface area contributed by atoms with Crippen molar-refractivity contribution in [3.05, 3.63) is 89.1 Å². The van der Waals surface area contributed by atoms with E-state index in [0.29, 0.717) is 22.9 Å². The molecule has 0 bridgehead atoms. The van der Waals surface area contributed by atoms with E-state index >= 15 is 0 Å². The molecule has 0 radical (unpaired) electrons. The first-order valence-electron chi connectivity index (χ1n) is 8.75. The minimum absolute atomic E-state index is 0.318. The number of amides is 1. The van der Waals surface area contributed by atoms with Crippen LogP contribution in [0.2, 0.25) is 0 Å². The predicted molar refractivity (Wildman–Crippen MR) is 109 cm³/mol. The van der Waals surface area contributed by atoms with Crippen LogP contribution in [0.4, 0.5) is 5.69 Å². The average molecular weight is 369 g/mol. The Bertz CT molecular complexity index is 1080. The molecule has 0 saturated carbocycles. The van der Waals surface area contributed by atoms with E-state index in [1.807, 2.05) is 38.1 Å². The number of nitrogens with one attached hydrogen (secondary N) is 1. The van der Waals surface area contributed by atoms with Crippen molar-refractivity contribution in [2.24, 2.45) is 0 Å². The summed E-state index contributed by atoms with van der Waals surface area (Å²) in [5.41, 5.74) is 3.92. The second-order valence-electron chi connectivity index (χ2n) is 6.22. The first kappa shape index (κ1) is 18.9. The summed E-state index contributed by atoms with van der Waals surface area (Å²) >= 11 is 0. The zero-order chi connectivity index (χ0) is 19.9. The molecule has 138 valence electrons. The van der Waals surface area contributed by atoms with Gasteiger partial charge in [-0.1, -0.05) is 24.3 Å². The number of hydrogen-bond acceptors (Lipinski definition) is 4. The quantitative estimate of drug-likeness (QED) is 0.641. The fourth-order valence-electron chi connectivity index (χ4n) is 2.56. The summed E-state index contributed by atoms with van der Waals surface area (Å²) in [5, 5.41) is 11.7. The molecule has 0 saturated heterocycles. The van der Waals surface area contributed by atoms with E-state index in [1.54, 1.807) is 42.6 Å². The molecule has 0 spiro atoms. The van der Waals surface area contributed by atoms with Crippen LogP contribution in [-0.2, 0) is 4.79 Å². The molecule has 5 nitrogen and oxygen atoms in total. The molecule has 0 fully saturated rings. The number of benzene rings is 2. The molecule has 1 aromatic heterocycles. The van der Waals surface area contributed by atoms with Crippen molar-refractivity contribution in [3.63, 3.8) is 0 Å². The van der Waals surface area contributed by atoms with Crippen LogP contribution in [0.15, 0.2) is 66.9 Å². The lowest BCUT2D eigenvalue weighted by atomic mass is 10.1. The summed E-state index contributed by atoms with van der Waals surface area (Å²) in [6, 6.07) is 18.3. The third-order valence-electron chi connectivity index (χ3n) is 4.23. The number of anilines is 1. The number of pyridine rings is 1. The molecule has 5 heteroatoms. The molecular formula is C23H19N3O2. The number of ether oxygens (including phenoxy) is 1. The Kier molecular flexibility index (Phi) is 5.83. The summed E-state index contributed by atoms with van der Waals surface area (Å²) in [4.78, 5) is 16.6. The first-order chi connectivity index (χ1) is 13.6. The van der Waals surface area contributed by atoms with Crippen LogP contribution in [-0.4, -0.2) is 10.9 Å². The van der Waals surface area contributed by atoms with Gasteiger partial charge >= 0.3 is 0 Å². The van der Waals surface area contributed by atoms with Gasteiger partial charge in [0.25, 0.3) is 0 Å². The molecule has 28 heavy (non-hydrogen) atoms. The van der Waals surface area contributed by atoms with E-state index in [1.165, 1.54) is 6.08 Å². The highest BCUT2D eigenvalue weighted by Crippen LogP contribution is 2.30. The maximum absolute atomic E-state index is 12.3. The predicted octanol–water partition coefficient (Wildman–Crippen LogP) is 5.01. The summed E-state index contributed by atoms with van der Waals surface area (Å²) in [6.07, 6.45) is 4.67. The highest BCUT2D eigenvalue weighted by Gasteiger charge is 2.10. The number of rotatable bonds is 5. The van der Waals surface area contributed by atoms with Gasteiger partial charge in [0, 0.05) is 12.3 Å². The molecule has 1 heterocycles. The van der Waals surface area contributed by atoms with Crippen molar-refractivity contribution >= 4 is 17.7 Å². The number of nitriles is 1. The van der Waals surface area contributed by atoms with Crippen molar-refractivity contribution in [2.75, 3.05) is 5.32 Å². The summed E-state index contributed by atoms with van der Waals surface area (Å²) in [6.45, 7) is 3.99. The zero-order valence-electron chi connectivity index (χ0n) is 15.6. The summed E-state index contributed by atoms with van der Waals surface area (Å²) in [7, 11) is 0. The van der Waals surface area contributed by atoms with Gasteiger partial charge in [-0.2, -0.15) is 5.26 Å². The lowest BCUT2D eigenvalue weighted by Crippen LogP contribution is -2.09.